The minimum atomic E-state index is -0.264. The van der Waals surface area contributed by atoms with Crippen molar-refractivity contribution in [2.45, 2.75) is 26.7 Å². The van der Waals surface area contributed by atoms with Crippen molar-refractivity contribution in [3.63, 3.8) is 0 Å². The number of urea groups is 1. The van der Waals surface area contributed by atoms with E-state index in [4.69, 9.17) is 4.74 Å². The Hall–Kier alpha value is -2.08. The fourth-order valence-corrected chi connectivity index (χ4v) is 1.74. The van der Waals surface area contributed by atoms with E-state index in [1.807, 2.05) is 13.8 Å². The lowest BCUT2D eigenvalue weighted by atomic mass is 10.2. The highest BCUT2D eigenvalue weighted by Gasteiger charge is 2.05. The highest BCUT2D eigenvalue weighted by Crippen LogP contribution is 2.09. The molecule has 0 spiro atoms. The molecular weight excluding hydrogens is 282 g/mol. The van der Waals surface area contributed by atoms with E-state index in [1.54, 1.807) is 24.3 Å². The average Bonchev–Trinajstić information content (AvgIpc) is 2.53. The van der Waals surface area contributed by atoms with Crippen molar-refractivity contribution in [2.24, 2.45) is 0 Å². The van der Waals surface area contributed by atoms with Crippen LogP contribution < -0.4 is 16.0 Å². The Morgan fingerprint density at radius 3 is 2.41 bits per heavy atom. The Balaban J connectivity index is 2.34. The SMILES string of the molecule is CCCNC(=O)c1ccc(NC(=O)NCCCOCC)cc1. The zero-order valence-corrected chi connectivity index (χ0v) is 13.3. The van der Waals surface area contributed by atoms with Crippen LogP contribution in [0, 0.1) is 0 Å². The fraction of sp³-hybridized carbons (Fsp3) is 0.500. The van der Waals surface area contributed by atoms with E-state index in [9.17, 15) is 9.59 Å². The van der Waals surface area contributed by atoms with Gasteiger partial charge in [0.15, 0.2) is 0 Å². The number of ether oxygens (including phenoxy) is 1. The molecule has 0 aromatic heterocycles. The van der Waals surface area contributed by atoms with Crippen molar-refractivity contribution in [3.05, 3.63) is 29.8 Å². The van der Waals surface area contributed by atoms with E-state index in [0.717, 1.165) is 12.8 Å². The number of carbonyl (C=O) groups is 2. The van der Waals surface area contributed by atoms with Crippen LogP contribution in [-0.4, -0.2) is 38.2 Å². The molecule has 1 aromatic rings. The van der Waals surface area contributed by atoms with Crippen LogP contribution in [0.4, 0.5) is 10.5 Å². The van der Waals surface area contributed by atoms with E-state index in [0.29, 0.717) is 37.6 Å². The van der Waals surface area contributed by atoms with Gasteiger partial charge in [0.2, 0.25) is 0 Å². The molecule has 1 aromatic carbocycles. The molecule has 6 nitrogen and oxygen atoms in total. The Kier molecular flexibility index (Phi) is 8.67. The Morgan fingerprint density at radius 1 is 1.05 bits per heavy atom. The molecule has 22 heavy (non-hydrogen) atoms. The number of nitrogens with one attached hydrogen (secondary N) is 3. The van der Waals surface area contributed by atoms with Crippen LogP contribution >= 0.6 is 0 Å². The summed E-state index contributed by atoms with van der Waals surface area (Å²) in [5.74, 6) is -0.103. The number of anilines is 1. The fourth-order valence-electron chi connectivity index (χ4n) is 1.74. The molecule has 0 heterocycles. The van der Waals surface area contributed by atoms with E-state index in [1.165, 1.54) is 0 Å². The molecule has 1 rings (SSSR count). The van der Waals surface area contributed by atoms with Gasteiger partial charge < -0.3 is 20.7 Å². The zero-order valence-electron chi connectivity index (χ0n) is 13.3. The molecule has 0 fully saturated rings. The number of carbonyl (C=O) groups excluding carboxylic acids is 2. The summed E-state index contributed by atoms with van der Waals surface area (Å²) in [6.45, 7) is 6.47. The van der Waals surface area contributed by atoms with Gasteiger partial charge in [-0.2, -0.15) is 0 Å². The Bertz CT molecular complexity index is 460. The maximum absolute atomic E-state index is 11.7. The molecule has 0 saturated carbocycles. The number of amides is 3. The van der Waals surface area contributed by atoms with E-state index < -0.39 is 0 Å². The highest BCUT2D eigenvalue weighted by molar-refractivity contribution is 5.95. The van der Waals surface area contributed by atoms with E-state index in [2.05, 4.69) is 16.0 Å². The predicted molar refractivity (Wildman–Crippen MR) is 87.2 cm³/mol. The zero-order chi connectivity index (χ0) is 16.2. The molecule has 0 radical (unpaired) electrons. The van der Waals surface area contributed by atoms with Crippen LogP contribution in [0.1, 0.15) is 37.0 Å². The second kappa shape index (κ2) is 10.6. The van der Waals surface area contributed by atoms with Gasteiger partial charge in [-0.1, -0.05) is 6.92 Å². The van der Waals surface area contributed by atoms with Gasteiger partial charge in [-0.15, -0.1) is 0 Å². The van der Waals surface area contributed by atoms with Crippen molar-refractivity contribution in [2.75, 3.05) is 31.6 Å². The lowest BCUT2D eigenvalue weighted by Crippen LogP contribution is -2.30. The molecule has 122 valence electrons. The van der Waals surface area contributed by atoms with Crippen LogP contribution in [0.3, 0.4) is 0 Å². The highest BCUT2D eigenvalue weighted by atomic mass is 16.5. The second-order valence-electron chi connectivity index (χ2n) is 4.76. The summed E-state index contributed by atoms with van der Waals surface area (Å²) >= 11 is 0. The van der Waals surface area contributed by atoms with Crippen LogP contribution in [0.5, 0.6) is 0 Å². The third-order valence-corrected chi connectivity index (χ3v) is 2.90. The Labute approximate surface area is 131 Å². The van der Waals surface area contributed by atoms with Crippen molar-refractivity contribution in [1.82, 2.24) is 10.6 Å². The molecule has 0 aliphatic carbocycles. The van der Waals surface area contributed by atoms with Crippen LogP contribution in [0.25, 0.3) is 0 Å². The van der Waals surface area contributed by atoms with Gasteiger partial charge in [-0.25, -0.2) is 4.79 Å². The van der Waals surface area contributed by atoms with Gasteiger partial charge >= 0.3 is 6.03 Å². The first-order chi connectivity index (χ1) is 10.7. The van der Waals surface area contributed by atoms with Crippen LogP contribution in [0.15, 0.2) is 24.3 Å². The van der Waals surface area contributed by atoms with Crippen molar-refractivity contribution in [3.8, 4) is 0 Å². The summed E-state index contributed by atoms with van der Waals surface area (Å²) in [5.41, 5.74) is 1.23. The minimum Gasteiger partial charge on any atom is -0.382 e. The van der Waals surface area contributed by atoms with E-state index in [-0.39, 0.29) is 11.9 Å². The number of benzene rings is 1. The number of hydrogen-bond acceptors (Lipinski definition) is 3. The molecule has 0 aliphatic rings. The molecule has 0 unspecified atom stereocenters. The molecule has 3 N–H and O–H groups in total. The summed E-state index contributed by atoms with van der Waals surface area (Å²) in [4.78, 5) is 23.4. The van der Waals surface area contributed by atoms with Crippen molar-refractivity contribution >= 4 is 17.6 Å². The van der Waals surface area contributed by atoms with E-state index >= 15 is 0 Å². The first kappa shape index (κ1) is 18.0. The summed E-state index contributed by atoms with van der Waals surface area (Å²) < 4.78 is 5.19. The molecule has 0 atom stereocenters. The molecule has 0 saturated heterocycles. The molecule has 3 amide bonds. The van der Waals surface area contributed by atoms with Crippen molar-refractivity contribution < 1.29 is 14.3 Å². The second-order valence-corrected chi connectivity index (χ2v) is 4.76. The van der Waals surface area contributed by atoms with Gasteiger partial charge in [0.25, 0.3) is 5.91 Å². The first-order valence-electron chi connectivity index (χ1n) is 7.68. The van der Waals surface area contributed by atoms with Gasteiger partial charge in [-0.05, 0) is 44.0 Å². The molecule has 6 heteroatoms. The van der Waals surface area contributed by atoms with Gasteiger partial charge in [0.05, 0.1) is 0 Å². The van der Waals surface area contributed by atoms with Gasteiger partial charge in [0, 0.05) is 37.6 Å². The largest absolute Gasteiger partial charge is 0.382 e. The van der Waals surface area contributed by atoms with Crippen molar-refractivity contribution in [1.29, 1.82) is 0 Å². The predicted octanol–water partition coefficient (Wildman–Crippen LogP) is 2.37. The summed E-state index contributed by atoms with van der Waals surface area (Å²) in [6.07, 6.45) is 1.67. The Morgan fingerprint density at radius 2 is 1.77 bits per heavy atom. The van der Waals surface area contributed by atoms with Crippen LogP contribution in [0.2, 0.25) is 0 Å². The maximum Gasteiger partial charge on any atom is 0.319 e. The third-order valence-electron chi connectivity index (χ3n) is 2.90. The lowest BCUT2D eigenvalue weighted by molar-refractivity contribution is 0.0953. The normalized spacial score (nSPS) is 10.1. The number of hydrogen-bond donors (Lipinski definition) is 3. The van der Waals surface area contributed by atoms with Crippen LogP contribution in [-0.2, 0) is 4.74 Å². The smallest absolute Gasteiger partial charge is 0.319 e. The molecule has 0 aliphatic heterocycles. The number of rotatable bonds is 9. The third kappa shape index (κ3) is 7.08. The molecular formula is C16H25N3O3. The summed E-state index contributed by atoms with van der Waals surface area (Å²) in [5, 5.41) is 8.27. The summed E-state index contributed by atoms with van der Waals surface area (Å²) in [7, 11) is 0. The standard InChI is InChI=1S/C16H25N3O3/c1-3-10-17-15(20)13-6-8-14(9-7-13)19-16(21)18-11-5-12-22-4-2/h6-9H,3-5,10-12H2,1-2H3,(H,17,20)(H2,18,19,21). The van der Waals surface area contributed by atoms with Gasteiger partial charge in [0.1, 0.15) is 0 Å². The summed E-state index contributed by atoms with van der Waals surface area (Å²) in [6, 6.07) is 6.53. The van der Waals surface area contributed by atoms with Gasteiger partial charge in [-0.3, -0.25) is 4.79 Å². The minimum absolute atomic E-state index is 0.103. The monoisotopic (exact) mass is 307 g/mol. The lowest BCUT2D eigenvalue weighted by Gasteiger charge is -2.08. The average molecular weight is 307 g/mol. The maximum atomic E-state index is 11.7. The topological polar surface area (TPSA) is 79.5 Å². The quantitative estimate of drug-likeness (QED) is 0.613. The molecule has 0 bridgehead atoms. The first-order valence-corrected chi connectivity index (χ1v) is 7.68.